The number of allylic oxidation sites excluding steroid dienone is 2. The third kappa shape index (κ3) is 4.00. The average Bonchev–Trinajstić information content (AvgIpc) is 2.68. The van der Waals surface area contributed by atoms with Crippen LogP contribution in [0.25, 0.3) is 9.69 Å². The molecule has 0 spiro atoms. The van der Waals surface area contributed by atoms with Gasteiger partial charge in [-0.3, -0.25) is 9.74 Å². The summed E-state index contributed by atoms with van der Waals surface area (Å²) in [6.45, 7) is 14.9. The highest BCUT2D eigenvalue weighted by Gasteiger charge is 2.21. The summed E-state index contributed by atoms with van der Waals surface area (Å²) in [5.41, 5.74) is 2.71. The first-order valence-electron chi connectivity index (χ1n) is 8.35. The van der Waals surface area contributed by atoms with Crippen LogP contribution >= 0.6 is 0 Å². The lowest BCUT2D eigenvalue weighted by Crippen LogP contribution is -2.24. The van der Waals surface area contributed by atoms with Gasteiger partial charge < -0.3 is 4.74 Å². The van der Waals surface area contributed by atoms with Gasteiger partial charge in [0.25, 0.3) is 6.67 Å². The van der Waals surface area contributed by atoms with Gasteiger partial charge in [0.2, 0.25) is 0 Å². The molecule has 2 aromatic carbocycles. The van der Waals surface area contributed by atoms with Gasteiger partial charge in [-0.15, -0.1) is 0 Å². The highest BCUT2D eigenvalue weighted by atomic mass is 16.5. The van der Waals surface area contributed by atoms with Crippen LogP contribution in [-0.2, 0) is 0 Å². The lowest BCUT2D eigenvalue weighted by Gasteiger charge is -2.27. The van der Waals surface area contributed by atoms with E-state index in [4.69, 9.17) is 17.9 Å². The Bertz CT molecular complexity index is 826. The van der Waals surface area contributed by atoms with Crippen LogP contribution in [-0.4, -0.2) is 6.67 Å². The molecule has 0 bridgehead atoms. The van der Waals surface area contributed by atoms with Crippen LogP contribution < -0.4 is 9.64 Å². The number of para-hydroxylation sites is 1. The van der Waals surface area contributed by atoms with Gasteiger partial charge in [-0.1, -0.05) is 24.6 Å². The van der Waals surface area contributed by atoms with E-state index in [-0.39, 0.29) is 6.67 Å². The molecule has 124 valence electrons. The number of nitrogens with zero attached hydrogens (tertiary/aromatic N) is 3. The Morgan fingerprint density at radius 3 is 2.24 bits per heavy atom. The molecule has 0 saturated heterocycles. The Kier molecular flexibility index (Phi) is 5.34. The summed E-state index contributed by atoms with van der Waals surface area (Å²) < 4.78 is 5.82. The molecule has 0 aromatic heterocycles. The van der Waals surface area contributed by atoms with Gasteiger partial charge >= 0.3 is 0 Å². The van der Waals surface area contributed by atoms with E-state index in [9.17, 15) is 0 Å². The summed E-state index contributed by atoms with van der Waals surface area (Å²) in [5.74, 6) is 1.54. The van der Waals surface area contributed by atoms with Gasteiger partial charge in [0, 0.05) is 11.4 Å². The number of rotatable bonds is 5. The minimum absolute atomic E-state index is 0.229. The number of hydrogen-bond donors (Lipinski definition) is 0. The van der Waals surface area contributed by atoms with Gasteiger partial charge in [-0.25, -0.2) is 11.4 Å². The molecule has 1 aliphatic carbocycles. The topological polar surface area (TPSA) is 21.2 Å². The normalized spacial score (nSPS) is 13.7. The van der Waals surface area contributed by atoms with Crippen molar-refractivity contribution in [3.63, 3.8) is 0 Å². The molecular formula is C21H19N3O. The molecule has 0 fully saturated rings. The molecule has 0 amide bonds. The van der Waals surface area contributed by atoms with Crippen LogP contribution in [0.2, 0.25) is 0 Å². The predicted octanol–water partition coefficient (Wildman–Crippen LogP) is 5.87. The van der Waals surface area contributed by atoms with Gasteiger partial charge in [0.05, 0.1) is 6.57 Å². The van der Waals surface area contributed by atoms with Gasteiger partial charge in [0.1, 0.15) is 11.5 Å². The molecule has 2 aromatic rings. The zero-order valence-electron chi connectivity index (χ0n) is 14.0. The Morgan fingerprint density at radius 1 is 0.880 bits per heavy atom. The minimum atomic E-state index is 0.229. The molecule has 4 nitrogen and oxygen atoms in total. The standard InChI is InChI=1S/C21H19N3O/c1-22-16-24(21-11-7-6-10-20(21)23-2)17-12-14-19(15-13-17)25-18-8-4-3-5-9-18/h3-5,8-9,12-15H,6-7,10-11,16H2. The molecule has 1 aliphatic rings. The lowest BCUT2D eigenvalue weighted by molar-refractivity contribution is 0.482. The Morgan fingerprint density at radius 2 is 1.56 bits per heavy atom. The molecular weight excluding hydrogens is 310 g/mol. The van der Waals surface area contributed by atoms with E-state index in [2.05, 4.69) is 9.69 Å². The van der Waals surface area contributed by atoms with Crippen LogP contribution in [0.5, 0.6) is 11.5 Å². The molecule has 25 heavy (non-hydrogen) atoms. The molecule has 0 heterocycles. The van der Waals surface area contributed by atoms with E-state index in [0.29, 0.717) is 0 Å². The zero-order chi connectivity index (χ0) is 17.5. The maximum atomic E-state index is 7.42. The maximum absolute atomic E-state index is 7.42. The number of ether oxygens (including phenoxy) is 1. The van der Waals surface area contributed by atoms with Crippen molar-refractivity contribution in [2.75, 3.05) is 11.6 Å². The zero-order valence-corrected chi connectivity index (χ0v) is 14.0. The molecule has 0 aliphatic heterocycles. The number of anilines is 1. The first-order chi connectivity index (χ1) is 12.3. The molecule has 0 N–H and O–H groups in total. The van der Waals surface area contributed by atoms with Crippen molar-refractivity contribution in [3.05, 3.63) is 88.8 Å². The van der Waals surface area contributed by atoms with Crippen molar-refractivity contribution < 1.29 is 4.74 Å². The average molecular weight is 329 g/mol. The van der Waals surface area contributed by atoms with E-state index in [1.807, 2.05) is 59.5 Å². The largest absolute Gasteiger partial charge is 0.457 e. The maximum Gasteiger partial charge on any atom is 0.292 e. The summed E-state index contributed by atoms with van der Waals surface area (Å²) in [4.78, 5) is 9.21. The first kappa shape index (κ1) is 16.6. The Labute approximate surface area is 148 Å². The highest BCUT2D eigenvalue weighted by molar-refractivity contribution is 5.56. The molecule has 0 radical (unpaired) electrons. The molecule has 0 saturated carbocycles. The molecule has 0 unspecified atom stereocenters. The van der Waals surface area contributed by atoms with Crippen LogP contribution in [0, 0.1) is 13.1 Å². The fourth-order valence-corrected chi connectivity index (χ4v) is 3.00. The number of benzene rings is 2. The van der Waals surface area contributed by atoms with Crippen LogP contribution in [0.4, 0.5) is 5.69 Å². The van der Waals surface area contributed by atoms with E-state index in [1.54, 1.807) is 0 Å². The van der Waals surface area contributed by atoms with Crippen molar-refractivity contribution in [1.82, 2.24) is 0 Å². The quantitative estimate of drug-likeness (QED) is 0.640. The second kappa shape index (κ2) is 8.04. The first-order valence-corrected chi connectivity index (χ1v) is 8.35. The second-order valence-corrected chi connectivity index (χ2v) is 5.85. The lowest BCUT2D eigenvalue weighted by atomic mass is 10.00. The molecule has 4 heteroatoms. The van der Waals surface area contributed by atoms with Gasteiger partial charge in [0.15, 0.2) is 5.70 Å². The fourth-order valence-electron chi connectivity index (χ4n) is 3.00. The summed E-state index contributed by atoms with van der Waals surface area (Å²) in [7, 11) is 0. The van der Waals surface area contributed by atoms with Gasteiger partial charge in [-0.05, 0) is 55.7 Å². The van der Waals surface area contributed by atoms with Crippen LogP contribution in [0.1, 0.15) is 25.7 Å². The Hall–Kier alpha value is -3.24. The van der Waals surface area contributed by atoms with Crippen molar-refractivity contribution in [1.29, 1.82) is 0 Å². The van der Waals surface area contributed by atoms with Gasteiger partial charge in [-0.2, -0.15) is 0 Å². The summed E-state index contributed by atoms with van der Waals surface area (Å²) >= 11 is 0. The minimum Gasteiger partial charge on any atom is -0.457 e. The van der Waals surface area contributed by atoms with Crippen molar-refractivity contribution in [2.45, 2.75) is 25.7 Å². The van der Waals surface area contributed by atoms with Crippen molar-refractivity contribution in [3.8, 4) is 11.5 Å². The van der Waals surface area contributed by atoms with E-state index in [0.717, 1.165) is 54.3 Å². The summed E-state index contributed by atoms with van der Waals surface area (Å²) in [6.07, 6.45) is 3.78. The molecule has 3 rings (SSSR count). The number of hydrogen-bond acceptors (Lipinski definition) is 2. The second-order valence-electron chi connectivity index (χ2n) is 5.85. The van der Waals surface area contributed by atoms with Crippen molar-refractivity contribution in [2.24, 2.45) is 0 Å². The van der Waals surface area contributed by atoms with E-state index >= 15 is 0 Å². The van der Waals surface area contributed by atoms with Crippen LogP contribution in [0.15, 0.2) is 66.0 Å². The predicted molar refractivity (Wildman–Crippen MR) is 99.0 cm³/mol. The smallest absolute Gasteiger partial charge is 0.292 e. The highest BCUT2D eigenvalue weighted by Crippen LogP contribution is 2.33. The SMILES string of the molecule is [C-]#[N+]CN(C1=C([N+]#[C-])CCCC1)c1ccc(Oc2ccccc2)cc1. The third-order valence-electron chi connectivity index (χ3n) is 4.21. The third-order valence-corrected chi connectivity index (χ3v) is 4.21. The van der Waals surface area contributed by atoms with E-state index < -0.39 is 0 Å². The van der Waals surface area contributed by atoms with Crippen molar-refractivity contribution >= 4 is 5.69 Å². The summed E-state index contributed by atoms with van der Waals surface area (Å²) in [5, 5.41) is 0. The summed E-state index contributed by atoms with van der Waals surface area (Å²) in [6, 6.07) is 17.3. The fraction of sp³-hybridized carbons (Fsp3) is 0.238. The Balaban J connectivity index is 1.84. The van der Waals surface area contributed by atoms with E-state index in [1.165, 1.54) is 0 Å². The monoisotopic (exact) mass is 329 g/mol. The van der Waals surface area contributed by atoms with Crippen LogP contribution in [0.3, 0.4) is 0 Å². The molecule has 0 atom stereocenters.